The van der Waals surface area contributed by atoms with Gasteiger partial charge in [0.1, 0.15) is 5.75 Å². The second-order valence-electron chi connectivity index (χ2n) is 6.47. The van der Waals surface area contributed by atoms with Gasteiger partial charge in [-0.25, -0.2) is 4.79 Å². The Morgan fingerprint density at radius 3 is 2.46 bits per heavy atom. The largest absolute Gasteiger partial charge is 0.490 e. The molecular weight excluding hydrogens is 356 g/mol. The normalized spacial score (nSPS) is 19.7. The summed E-state index contributed by atoms with van der Waals surface area (Å²) in [5.74, 6) is 0.0724. The van der Waals surface area contributed by atoms with E-state index in [0.29, 0.717) is 29.5 Å². The van der Waals surface area contributed by atoms with Crippen molar-refractivity contribution >= 4 is 23.5 Å². The molecule has 1 aromatic carbocycles. The molecule has 0 spiro atoms. The Morgan fingerprint density at radius 2 is 1.85 bits per heavy atom. The molecule has 1 aliphatic carbocycles. The minimum Gasteiger partial charge on any atom is -0.490 e. The Morgan fingerprint density at radius 1 is 1.12 bits per heavy atom. The van der Waals surface area contributed by atoms with Crippen LogP contribution in [0.25, 0.3) is 0 Å². The van der Waals surface area contributed by atoms with Crippen molar-refractivity contribution in [3.63, 3.8) is 0 Å². The molecule has 1 aliphatic rings. The van der Waals surface area contributed by atoms with Crippen LogP contribution in [-0.2, 0) is 14.3 Å². The summed E-state index contributed by atoms with van der Waals surface area (Å²) >= 11 is 6.21. The van der Waals surface area contributed by atoms with Crippen molar-refractivity contribution in [1.82, 2.24) is 0 Å². The van der Waals surface area contributed by atoms with Gasteiger partial charge in [-0.1, -0.05) is 24.9 Å². The summed E-state index contributed by atoms with van der Waals surface area (Å²) in [7, 11) is 0. The summed E-state index contributed by atoms with van der Waals surface area (Å²) in [4.78, 5) is 23.8. The average molecular weight is 383 g/mol. The van der Waals surface area contributed by atoms with Crippen LogP contribution in [0.3, 0.4) is 0 Å². The molecule has 0 aliphatic heterocycles. The van der Waals surface area contributed by atoms with Crippen molar-refractivity contribution in [2.45, 2.75) is 58.5 Å². The van der Waals surface area contributed by atoms with Gasteiger partial charge in [-0.05, 0) is 57.2 Å². The van der Waals surface area contributed by atoms with Crippen LogP contribution in [0.15, 0.2) is 18.2 Å². The number of hydrogen-bond acceptors (Lipinski definition) is 5. The van der Waals surface area contributed by atoms with Crippen molar-refractivity contribution in [2.24, 2.45) is 5.92 Å². The first-order valence-corrected chi connectivity index (χ1v) is 9.72. The van der Waals surface area contributed by atoms with Gasteiger partial charge in [0.25, 0.3) is 0 Å². The number of esters is 2. The van der Waals surface area contributed by atoms with E-state index < -0.39 is 5.97 Å². The van der Waals surface area contributed by atoms with Gasteiger partial charge in [0.05, 0.1) is 35.8 Å². The van der Waals surface area contributed by atoms with Gasteiger partial charge in [-0.2, -0.15) is 0 Å². The Balaban J connectivity index is 1.86. The molecule has 0 amide bonds. The van der Waals surface area contributed by atoms with Crippen molar-refractivity contribution < 1.29 is 23.8 Å². The lowest BCUT2D eigenvalue weighted by Gasteiger charge is -2.27. The van der Waals surface area contributed by atoms with Gasteiger partial charge >= 0.3 is 11.9 Å². The fourth-order valence-electron chi connectivity index (χ4n) is 2.99. The van der Waals surface area contributed by atoms with Crippen LogP contribution in [0.1, 0.15) is 62.7 Å². The third-order valence-corrected chi connectivity index (χ3v) is 4.80. The van der Waals surface area contributed by atoms with E-state index in [0.717, 1.165) is 38.5 Å². The fraction of sp³-hybridized carbons (Fsp3) is 0.600. The molecule has 26 heavy (non-hydrogen) atoms. The van der Waals surface area contributed by atoms with Gasteiger partial charge < -0.3 is 14.2 Å². The molecule has 0 unspecified atom stereocenters. The lowest BCUT2D eigenvalue weighted by atomic mass is 9.87. The molecular formula is C20H27ClO5. The van der Waals surface area contributed by atoms with Crippen LogP contribution in [0, 0.1) is 5.92 Å². The smallest absolute Gasteiger partial charge is 0.339 e. The van der Waals surface area contributed by atoms with Crippen molar-refractivity contribution in [2.75, 3.05) is 13.2 Å². The zero-order valence-corrected chi connectivity index (χ0v) is 16.2. The van der Waals surface area contributed by atoms with E-state index in [1.54, 1.807) is 18.2 Å². The molecule has 5 nitrogen and oxygen atoms in total. The maximum Gasteiger partial charge on any atom is 0.339 e. The average Bonchev–Trinajstić information content (AvgIpc) is 2.62. The van der Waals surface area contributed by atoms with E-state index in [1.807, 2.05) is 13.8 Å². The molecule has 144 valence electrons. The molecule has 0 heterocycles. The van der Waals surface area contributed by atoms with Crippen molar-refractivity contribution in [3.8, 4) is 5.75 Å². The van der Waals surface area contributed by atoms with E-state index in [1.165, 1.54) is 0 Å². The maximum absolute atomic E-state index is 12.0. The zero-order valence-electron chi connectivity index (χ0n) is 15.5. The SMILES string of the molecule is CCCCOC(=O)c1ccc(O[C@H]2CC[C@@H](C(=O)OCC)CC2)cc1Cl. The van der Waals surface area contributed by atoms with Crippen LogP contribution in [-0.4, -0.2) is 31.3 Å². The molecule has 0 N–H and O–H groups in total. The Labute approximate surface area is 160 Å². The van der Waals surface area contributed by atoms with Gasteiger partial charge in [-0.15, -0.1) is 0 Å². The first kappa shape index (κ1) is 20.6. The van der Waals surface area contributed by atoms with Crippen LogP contribution >= 0.6 is 11.6 Å². The molecule has 1 fully saturated rings. The number of ether oxygens (including phenoxy) is 3. The van der Waals surface area contributed by atoms with Gasteiger partial charge in [0, 0.05) is 0 Å². The highest BCUT2D eigenvalue weighted by atomic mass is 35.5. The first-order chi connectivity index (χ1) is 12.5. The summed E-state index contributed by atoms with van der Waals surface area (Å²) in [5.41, 5.74) is 0.348. The molecule has 0 radical (unpaired) electrons. The maximum atomic E-state index is 12.0. The van der Waals surface area contributed by atoms with Crippen molar-refractivity contribution in [3.05, 3.63) is 28.8 Å². The monoisotopic (exact) mass is 382 g/mol. The summed E-state index contributed by atoms with van der Waals surface area (Å²) in [6.07, 6.45) is 4.95. The van der Waals surface area contributed by atoms with Crippen LogP contribution in [0.4, 0.5) is 0 Å². The van der Waals surface area contributed by atoms with Crippen LogP contribution < -0.4 is 4.74 Å². The third-order valence-electron chi connectivity index (χ3n) is 4.49. The summed E-state index contributed by atoms with van der Waals surface area (Å²) in [5, 5.41) is 0.323. The number of halogens is 1. The minimum atomic E-state index is -0.412. The zero-order chi connectivity index (χ0) is 18.9. The fourth-order valence-corrected chi connectivity index (χ4v) is 3.24. The Bertz CT molecular complexity index is 608. The van der Waals surface area contributed by atoms with E-state index in [9.17, 15) is 9.59 Å². The lowest BCUT2D eigenvalue weighted by molar-refractivity contribution is -0.149. The molecule has 0 saturated heterocycles. The Kier molecular flexibility index (Phi) is 8.23. The number of hydrogen-bond donors (Lipinski definition) is 0. The topological polar surface area (TPSA) is 61.8 Å². The van der Waals surface area contributed by atoms with Gasteiger partial charge in [0.2, 0.25) is 0 Å². The highest BCUT2D eigenvalue weighted by Crippen LogP contribution is 2.30. The predicted molar refractivity (Wildman–Crippen MR) is 99.6 cm³/mol. The van der Waals surface area contributed by atoms with Gasteiger partial charge in [-0.3, -0.25) is 4.79 Å². The van der Waals surface area contributed by atoms with Crippen molar-refractivity contribution in [1.29, 1.82) is 0 Å². The standard InChI is InChI=1S/C20H27ClO5/c1-3-5-12-25-20(23)17-11-10-16(13-18(17)21)26-15-8-6-14(7-9-15)19(22)24-4-2/h10-11,13-15H,3-9,12H2,1-2H3/t14-,15+. The number of rotatable bonds is 8. The summed E-state index contributed by atoms with van der Waals surface area (Å²) < 4.78 is 16.2. The van der Waals surface area contributed by atoms with Crippen LogP contribution in [0.5, 0.6) is 5.75 Å². The minimum absolute atomic E-state index is 0.0290. The predicted octanol–water partition coefficient (Wildman–Crippen LogP) is 4.80. The molecule has 2 rings (SSSR count). The highest BCUT2D eigenvalue weighted by Gasteiger charge is 2.28. The molecule has 0 atom stereocenters. The number of carbonyl (C=O) groups excluding carboxylic acids is 2. The second-order valence-corrected chi connectivity index (χ2v) is 6.88. The molecule has 0 aromatic heterocycles. The van der Waals surface area contributed by atoms with E-state index in [4.69, 9.17) is 25.8 Å². The number of carbonyl (C=O) groups is 2. The van der Waals surface area contributed by atoms with E-state index in [-0.39, 0.29) is 18.0 Å². The molecule has 1 aromatic rings. The lowest BCUT2D eigenvalue weighted by Crippen LogP contribution is -2.29. The first-order valence-electron chi connectivity index (χ1n) is 9.35. The van der Waals surface area contributed by atoms with Crippen LogP contribution in [0.2, 0.25) is 5.02 Å². The van der Waals surface area contributed by atoms with E-state index in [2.05, 4.69) is 0 Å². The molecule has 6 heteroatoms. The summed E-state index contributed by atoms with van der Waals surface area (Å²) in [6.45, 7) is 4.67. The Hall–Kier alpha value is -1.75. The molecule has 0 bridgehead atoms. The number of benzene rings is 1. The van der Waals surface area contributed by atoms with Gasteiger partial charge in [0.15, 0.2) is 0 Å². The number of unbranched alkanes of at least 4 members (excludes halogenated alkanes) is 1. The van der Waals surface area contributed by atoms with E-state index >= 15 is 0 Å². The highest BCUT2D eigenvalue weighted by molar-refractivity contribution is 6.33. The molecule has 1 saturated carbocycles. The quantitative estimate of drug-likeness (QED) is 0.477. The third kappa shape index (κ3) is 5.90. The second kappa shape index (κ2) is 10.4. The summed E-state index contributed by atoms with van der Waals surface area (Å²) in [6, 6.07) is 5.02.